The van der Waals surface area contributed by atoms with Crippen LogP contribution in [0.2, 0.25) is 0 Å². The summed E-state index contributed by atoms with van der Waals surface area (Å²) in [6, 6.07) is 3.56. The number of hydroxylamine groups is 2. The summed E-state index contributed by atoms with van der Waals surface area (Å²) in [5.74, 6) is -0.676. The summed E-state index contributed by atoms with van der Waals surface area (Å²) < 4.78 is 38.5. The van der Waals surface area contributed by atoms with Crippen LogP contribution in [0.15, 0.2) is 29.0 Å². The molecule has 162 valence electrons. The van der Waals surface area contributed by atoms with Crippen LogP contribution in [0.5, 0.6) is 5.88 Å². The van der Waals surface area contributed by atoms with E-state index in [9.17, 15) is 13.6 Å². The van der Waals surface area contributed by atoms with E-state index in [1.165, 1.54) is 17.5 Å². The van der Waals surface area contributed by atoms with E-state index in [4.69, 9.17) is 14.3 Å². The lowest BCUT2D eigenvalue weighted by Crippen LogP contribution is -2.40. The van der Waals surface area contributed by atoms with Crippen LogP contribution in [0.4, 0.5) is 25.1 Å². The maximum absolute atomic E-state index is 14.0. The largest absolute Gasteiger partial charge is 0.528 e. The Balaban J connectivity index is 1.54. The third kappa shape index (κ3) is 6.23. The Hall–Kier alpha value is -2.53. The minimum atomic E-state index is -0.729. The molecule has 11 heteroatoms. The summed E-state index contributed by atoms with van der Waals surface area (Å²) in [4.78, 5) is 24.7. The van der Waals surface area contributed by atoms with E-state index in [2.05, 4.69) is 31.2 Å². The lowest BCUT2D eigenvalue weighted by Gasteiger charge is -2.30. The number of hydrogen-bond donors (Lipinski definition) is 1. The third-order valence-electron chi connectivity index (χ3n) is 4.14. The number of aromatic nitrogens is 2. The Morgan fingerprint density at radius 2 is 1.93 bits per heavy atom. The van der Waals surface area contributed by atoms with Crippen molar-refractivity contribution in [3.05, 3.63) is 40.6 Å². The second kappa shape index (κ2) is 9.98. The average molecular weight is 487 g/mol. The summed E-state index contributed by atoms with van der Waals surface area (Å²) in [5, 5.41) is 4.25. The predicted octanol–water partition coefficient (Wildman–Crippen LogP) is 4.58. The van der Waals surface area contributed by atoms with E-state index in [1.54, 1.807) is 13.8 Å². The van der Waals surface area contributed by atoms with E-state index in [1.807, 2.05) is 0 Å². The van der Waals surface area contributed by atoms with Crippen molar-refractivity contribution in [2.24, 2.45) is 0 Å². The van der Waals surface area contributed by atoms with Gasteiger partial charge in [-0.25, -0.2) is 23.5 Å². The molecule has 2 heterocycles. The van der Waals surface area contributed by atoms with Crippen LogP contribution < -0.4 is 10.1 Å². The number of carbonyl (C=O) groups is 1. The first-order chi connectivity index (χ1) is 14.3. The van der Waals surface area contributed by atoms with Crippen LogP contribution >= 0.6 is 15.9 Å². The van der Waals surface area contributed by atoms with Crippen molar-refractivity contribution in [1.29, 1.82) is 0 Å². The summed E-state index contributed by atoms with van der Waals surface area (Å²) >= 11 is 2.93. The normalized spacial score (nSPS) is 15.1. The smallest absolute Gasteiger partial charge is 0.474 e. The van der Waals surface area contributed by atoms with E-state index < -0.39 is 17.8 Å². The summed E-state index contributed by atoms with van der Waals surface area (Å²) in [6.07, 6.45) is 1.36. The van der Waals surface area contributed by atoms with Gasteiger partial charge in [0.15, 0.2) is 0 Å². The van der Waals surface area contributed by atoms with E-state index in [0.717, 1.165) is 12.1 Å². The highest BCUT2D eigenvalue weighted by Crippen LogP contribution is 2.26. The molecule has 1 fully saturated rings. The molecule has 1 aliphatic heterocycles. The fraction of sp³-hybridized carbons (Fsp3) is 0.421. The molecule has 0 radical (unpaired) electrons. The lowest BCUT2D eigenvalue weighted by molar-refractivity contribution is -0.151. The number of ether oxygens (including phenoxy) is 2. The molecule has 0 saturated carbocycles. The number of hydrogen-bond acceptors (Lipinski definition) is 8. The fourth-order valence-corrected chi connectivity index (χ4v) is 3.08. The number of piperidine rings is 1. The van der Waals surface area contributed by atoms with Gasteiger partial charge in [-0.2, -0.15) is 0 Å². The van der Waals surface area contributed by atoms with Crippen LogP contribution in [0.25, 0.3) is 0 Å². The maximum atomic E-state index is 14.0. The zero-order chi connectivity index (χ0) is 21.7. The van der Waals surface area contributed by atoms with Gasteiger partial charge < -0.3 is 19.6 Å². The number of benzene rings is 1. The van der Waals surface area contributed by atoms with Crippen molar-refractivity contribution < 1.29 is 27.9 Å². The third-order valence-corrected chi connectivity index (χ3v) is 4.75. The molecule has 1 aromatic heterocycles. The summed E-state index contributed by atoms with van der Waals surface area (Å²) in [5.41, 5.74) is -0.0564. The zero-order valence-electron chi connectivity index (χ0n) is 16.4. The average Bonchev–Trinajstić information content (AvgIpc) is 2.67. The standard InChI is InChI=1S/C19H21BrF2N4O4/c1-11(2)28-19(27)30-26-5-3-12(4-6-26)29-18-9-17(23-10-24-18)25-16-8-14(21)13(20)7-15(16)22/h7-12H,3-6H2,1-2H3,(H,23,24,25). The van der Waals surface area contributed by atoms with Crippen LogP contribution in [0.1, 0.15) is 26.7 Å². The molecule has 1 aromatic carbocycles. The molecule has 0 amide bonds. The van der Waals surface area contributed by atoms with Gasteiger partial charge in [0.05, 0.1) is 16.3 Å². The molecular formula is C19H21BrF2N4O4. The molecule has 1 saturated heterocycles. The van der Waals surface area contributed by atoms with Gasteiger partial charge in [-0.1, -0.05) is 0 Å². The number of nitrogens with one attached hydrogen (secondary N) is 1. The quantitative estimate of drug-likeness (QED) is 0.468. The zero-order valence-corrected chi connectivity index (χ0v) is 18.0. The van der Waals surface area contributed by atoms with Crippen LogP contribution in [-0.2, 0) is 9.57 Å². The van der Waals surface area contributed by atoms with Crippen molar-refractivity contribution in [3.8, 4) is 5.88 Å². The van der Waals surface area contributed by atoms with Gasteiger partial charge in [0.1, 0.15) is 29.9 Å². The predicted molar refractivity (Wildman–Crippen MR) is 107 cm³/mol. The lowest BCUT2D eigenvalue weighted by atomic mass is 10.1. The van der Waals surface area contributed by atoms with Crippen molar-refractivity contribution in [3.63, 3.8) is 0 Å². The van der Waals surface area contributed by atoms with Crippen molar-refractivity contribution in [2.45, 2.75) is 38.9 Å². The minimum absolute atomic E-state index is 0.0325. The Kier molecular flexibility index (Phi) is 7.38. The summed E-state index contributed by atoms with van der Waals surface area (Å²) in [6.45, 7) is 4.45. The highest BCUT2D eigenvalue weighted by Gasteiger charge is 2.24. The van der Waals surface area contributed by atoms with Crippen molar-refractivity contribution in [2.75, 3.05) is 18.4 Å². The SMILES string of the molecule is CC(C)OC(=O)ON1CCC(Oc2cc(Nc3cc(F)c(Br)cc3F)ncn2)CC1. The molecule has 0 spiro atoms. The van der Waals surface area contributed by atoms with Crippen LogP contribution in [0.3, 0.4) is 0 Å². The second-order valence-corrected chi connectivity index (χ2v) is 7.72. The molecule has 8 nitrogen and oxygen atoms in total. The number of nitrogens with zero attached hydrogens (tertiary/aromatic N) is 3. The Morgan fingerprint density at radius 1 is 1.20 bits per heavy atom. The van der Waals surface area contributed by atoms with Crippen LogP contribution in [-0.4, -0.2) is 46.5 Å². The van der Waals surface area contributed by atoms with Gasteiger partial charge in [-0.3, -0.25) is 0 Å². The monoisotopic (exact) mass is 486 g/mol. The molecule has 1 N–H and O–H groups in total. The molecule has 30 heavy (non-hydrogen) atoms. The van der Waals surface area contributed by atoms with E-state index >= 15 is 0 Å². The minimum Gasteiger partial charge on any atom is -0.474 e. The fourth-order valence-electron chi connectivity index (χ4n) is 2.76. The van der Waals surface area contributed by atoms with Gasteiger partial charge in [0, 0.05) is 38.1 Å². The van der Waals surface area contributed by atoms with Gasteiger partial charge in [0.25, 0.3) is 0 Å². The first kappa shape index (κ1) is 22.2. The molecule has 3 rings (SSSR count). The molecule has 2 aromatic rings. The van der Waals surface area contributed by atoms with E-state index in [0.29, 0.717) is 31.8 Å². The number of halogens is 3. The first-order valence-electron chi connectivity index (χ1n) is 9.34. The number of rotatable bonds is 6. The van der Waals surface area contributed by atoms with Crippen molar-refractivity contribution in [1.82, 2.24) is 15.0 Å². The van der Waals surface area contributed by atoms with Crippen molar-refractivity contribution >= 4 is 33.6 Å². The molecule has 0 unspecified atom stereocenters. The Labute approximate surface area is 180 Å². The van der Waals surface area contributed by atoms with Gasteiger partial charge in [-0.15, -0.1) is 5.06 Å². The number of anilines is 2. The second-order valence-electron chi connectivity index (χ2n) is 6.87. The van der Waals surface area contributed by atoms with E-state index in [-0.39, 0.29) is 28.2 Å². The molecule has 1 aliphatic rings. The molecule has 0 bridgehead atoms. The van der Waals surface area contributed by atoms with Crippen LogP contribution in [0, 0.1) is 11.6 Å². The van der Waals surface area contributed by atoms with Gasteiger partial charge in [-0.05, 0) is 35.8 Å². The molecular weight excluding hydrogens is 466 g/mol. The number of carbonyl (C=O) groups excluding carboxylic acids is 1. The van der Waals surface area contributed by atoms with Gasteiger partial charge >= 0.3 is 6.16 Å². The topological polar surface area (TPSA) is 85.8 Å². The highest BCUT2D eigenvalue weighted by atomic mass is 79.9. The van der Waals surface area contributed by atoms with Gasteiger partial charge in [0.2, 0.25) is 5.88 Å². The maximum Gasteiger partial charge on any atom is 0.528 e. The molecule has 0 aliphatic carbocycles. The Bertz CT molecular complexity index is 895. The molecule has 0 atom stereocenters. The Morgan fingerprint density at radius 3 is 2.63 bits per heavy atom. The highest BCUT2D eigenvalue weighted by molar-refractivity contribution is 9.10. The summed E-state index contributed by atoms with van der Waals surface area (Å²) in [7, 11) is 0. The first-order valence-corrected chi connectivity index (χ1v) is 10.1.